The minimum atomic E-state index is -0.278. The highest BCUT2D eigenvalue weighted by atomic mass is 32.1. The average Bonchev–Trinajstić information content (AvgIpc) is 3.01. The highest BCUT2D eigenvalue weighted by Crippen LogP contribution is 2.05. The SMILES string of the molecule is O=C(CCNC(=O)c1ccsc1)NCCc1cccc(F)c1. The lowest BCUT2D eigenvalue weighted by Crippen LogP contribution is -2.31. The molecule has 2 amide bonds. The fourth-order valence-corrected chi connectivity index (χ4v) is 2.55. The zero-order valence-electron chi connectivity index (χ0n) is 12.0. The minimum absolute atomic E-state index is 0.137. The van der Waals surface area contributed by atoms with E-state index in [-0.39, 0.29) is 24.1 Å². The van der Waals surface area contributed by atoms with Crippen molar-refractivity contribution < 1.29 is 14.0 Å². The quantitative estimate of drug-likeness (QED) is 0.823. The molecule has 116 valence electrons. The van der Waals surface area contributed by atoms with Crippen molar-refractivity contribution in [3.63, 3.8) is 0 Å². The average molecular weight is 320 g/mol. The van der Waals surface area contributed by atoms with E-state index in [9.17, 15) is 14.0 Å². The fourth-order valence-electron chi connectivity index (χ4n) is 1.91. The normalized spacial score (nSPS) is 10.2. The van der Waals surface area contributed by atoms with Crippen molar-refractivity contribution in [2.75, 3.05) is 13.1 Å². The second-order valence-electron chi connectivity index (χ2n) is 4.75. The first-order valence-corrected chi connectivity index (χ1v) is 7.91. The van der Waals surface area contributed by atoms with E-state index in [1.165, 1.54) is 23.5 Å². The van der Waals surface area contributed by atoms with Gasteiger partial charge in [-0.25, -0.2) is 4.39 Å². The highest BCUT2D eigenvalue weighted by molar-refractivity contribution is 7.08. The van der Waals surface area contributed by atoms with Crippen LogP contribution in [0, 0.1) is 5.82 Å². The number of halogens is 1. The van der Waals surface area contributed by atoms with Gasteiger partial charge in [0.15, 0.2) is 0 Å². The van der Waals surface area contributed by atoms with E-state index in [1.54, 1.807) is 17.5 Å². The number of hydrogen-bond donors (Lipinski definition) is 2. The Morgan fingerprint density at radius 2 is 2.00 bits per heavy atom. The van der Waals surface area contributed by atoms with Crippen LogP contribution in [0.4, 0.5) is 4.39 Å². The van der Waals surface area contributed by atoms with Gasteiger partial charge < -0.3 is 10.6 Å². The molecule has 0 bridgehead atoms. The molecule has 0 spiro atoms. The van der Waals surface area contributed by atoms with E-state index in [0.29, 0.717) is 25.1 Å². The molecular weight excluding hydrogens is 303 g/mol. The van der Waals surface area contributed by atoms with Crippen molar-refractivity contribution in [1.29, 1.82) is 0 Å². The standard InChI is InChI=1S/C16H17FN2O2S/c17-14-3-1-2-12(10-14)4-7-18-15(20)5-8-19-16(21)13-6-9-22-11-13/h1-3,6,9-11H,4-5,7-8H2,(H,18,20)(H,19,21). The monoisotopic (exact) mass is 320 g/mol. The molecule has 22 heavy (non-hydrogen) atoms. The molecule has 6 heteroatoms. The number of carbonyl (C=O) groups excluding carboxylic acids is 2. The number of nitrogens with one attached hydrogen (secondary N) is 2. The number of carbonyl (C=O) groups is 2. The second kappa shape index (κ2) is 8.29. The third-order valence-corrected chi connectivity index (χ3v) is 3.73. The fraction of sp³-hybridized carbons (Fsp3) is 0.250. The Balaban J connectivity index is 1.61. The Labute approximate surface area is 132 Å². The maximum absolute atomic E-state index is 13.0. The molecule has 0 saturated carbocycles. The maximum atomic E-state index is 13.0. The van der Waals surface area contributed by atoms with Gasteiger partial charge in [-0.05, 0) is 35.6 Å². The lowest BCUT2D eigenvalue weighted by molar-refractivity contribution is -0.120. The number of rotatable bonds is 7. The van der Waals surface area contributed by atoms with Crippen LogP contribution in [0.3, 0.4) is 0 Å². The third kappa shape index (κ3) is 5.29. The van der Waals surface area contributed by atoms with Gasteiger partial charge in [0.25, 0.3) is 5.91 Å². The lowest BCUT2D eigenvalue weighted by atomic mass is 10.1. The predicted molar refractivity (Wildman–Crippen MR) is 84.4 cm³/mol. The molecule has 2 rings (SSSR count). The molecule has 0 aliphatic heterocycles. The van der Waals surface area contributed by atoms with Gasteiger partial charge in [-0.2, -0.15) is 11.3 Å². The summed E-state index contributed by atoms with van der Waals surface area (Å²) in [5.74, 6) is -0.587. The summed E-state index contributed by atoms with van der Waals surface area (Å²) < 4.78 is 13.0. The zero-order valence-corrected chi connectivity index (χ0v) is 12.8. The van der Waals surface area contributed by atoms with E-state index in [2.05, 4.69) is 10.6 Å². The number of benzene rings is 1. The molecule has 2 N–H and O–H groups in total. The molecule has 0 fully saturated rings. The van der Waals surface area contributed by atoms with Crippen molar-refractivity contribution in [2.24, 2.45) is 0 Å². The molecular formula is C16H17FN2O2S. The third-order valence-electron chi connectivity index (χ3n) is 3.05. The van der Waals surface area contributed by atoms with Gasteiger partial charge in [0.1, 0.15) is 5.82 Å². The Hall–Kier alpha value is -2.21. The van der Waals surface area contributed by atoms with Crippen molar-refractivity contribution in [2.45, 2.75) is 12.8 Å². The number of amides is 2. The molecule has 1 aromatic heterocycles. The summed E-state index contributed by atoms with van der Waals surface area (Å²) in [6, 6.07) is 8.04. The molecule has 0 aliphatic rings. The van der Waals surface area contributed by atoms with Crippen LogP contribution in [0.25, 0.3) is 0 Å². The van der Waals surface area contributed by atoms with Crippen LogP contribution in [0.2, 0.25) is 0 Å². The minimum Gasteiger partial charge on any atom is -0.356 e. The highest BCUT2D eigenvalue weighted by Gasteiger charge is 2.06. The van der Waals surface area contributed by atoms with E-state index in [0.717, 1.165) is 5.56 Å². The van der Waals surface area contributed by atoms with Crippen molar-refractivity contribution in [1.82, 2.24) is 10.6 Å². The molecule has 1 heterocycles. The molecule has 1 aromatic carbocycles. The molecule has 2 aromatic rings. The van der Waals surface area contributed by atoms with Crippen LogP contribution < -0.4 is 10.6 Å². The van der Waals surface area contributed by atoms with Crippen LogP contribution in [0.15, 0.2) is 41.1 Å². The van der Waals surface area contributed by atoms with Gasteiger partial charge in [0, 0.05) is 30.5 Å². The first kappa shape index (κ1) is 16.2. The summed E-state index contributed by atoms with van der Waals surface area (Å²) >= 11 is 1.45. The Morgan fingerprint density at radius 3 is 2.73 bits per heavy atom. The summed E-state index contributed by atoms with van der Waals surface area (Å²) in [6.07, 6.45) is 0.795. The summed E-state index contributed by atoms with van der Waals surface area (Å²) in [5.41, 5.74) is 1.45. The van der Waals surface area contributed by atoms with Crippen molar-refractivity contribution in [3.8, 4) is 0 Å². The number of hydrogen-bond acceptors (Lipinski definition) is 3. The van der Waals surface area contributed by atoms with E-state index in [1.807, 2.05) is 11.4 Å². The molecule has 0 radical (unpaired) electrons. The summed E-state index contributed by atoms with van der Waals surface area (Å²) in [7, 11) is 0. The first-order valence-electron chi connectivity index (χ1n) is 6.96. The predicted octanol–water partition coefficient (Wildman–Crippen LogP) is 2.37. The van der Waals surface area contributed by atoms with Gasteiger partial charge in [-0.15, -0.1) is 0 Å². The molecule has 0 saturated heterocycles. The topological polar surface area (TPSA) is 58.2 Å². The summed E-state index contributed by atoms with van der Waals surface area (Å²) in [6.45, 7) is 0.737. The van der Waals surface area contributed by atoms with Gasteiger partial charge in [-0.1, -0.05) is 12.1 Å². The smallest absolute Gasteiger partial charge is 0.252 e. The molecule has 0 atom stereocenters. The van der Waals surface area contributed by atoms with Gasteiger partial charge in [0.2, 0.25) is 5.91 Å². The Bertz CT molecular complexity index is 629. The summed E-state index contributed by atoms with van der Waals surface area (Å²) in [4.78, 5) is 23.3. The largest absolute Gasteiger partial charge is 0.356 e. The van der Waals surface area contributed by atoms with E-state index >= 15 is 0 Å². The van der Waals surface area contributed by atoms with Crippen molar-refractivity contribution in [3.05, 3.63) is 58.0 Å². The number of thiophene rings is 1. The van der Waals surface area contributed by atoms with Crippen LogP contribution >= 0.6 is 11.3 Å². The van der Waals surface area contributed by atoms with Crippen LogP contribution in [-0.4, -0.2) is 24.9 Å². The molecule has 4 nitrogen and oxygen atoms in total. The molecule has 0 unspecified atom stereocenters. The maximum Gasteiger partial charge on any atom is 0.252 e. The van der Waals surface area contributed by atoms with Gasteiger partial charge in [-0.3, -0.25) is 9.59 Å². The first-order chi connectivity index (χ1) is 10.6. The van der Waals surface area contributed by atoms with Gasteiger partial charge >= 0.3 is 0 Å². The van der Waals surface area contributed by atoms with Crippen LogP contribution in [0.1, 0.15) is 22.3 Å². The van der Waals surface area contributed by atoms with E-state index in [4.69, 9.17) is 0 Å². The van der Waals surface area contributed by atoms with Crippen molar-refractivity contribution >= 4 is 23.2 Å². The van der Waals surface area contributed by atoms with Crippen LogP contribution in [0.5, 0.6) is 0 Å². The van der Waals surface area contributed by atoms with Gasteiger partial charge in [0.05, 0.1) is 0 Å². The van der Waals surface area contributed by atoms with Crippen LogP contribution in [-0.2, 0) is 11.2 Å². The lowest BCUT2D eigenvalue weighted by Gasteiger charge is -2.06. The zero-order chi connectivity index (χ0) is 15.8. The summed E-state index contributed by atoms with van der Waals surface area (Å²) in [5, 5.41) is 9.02. The Morgan fingerprint density at radius 1 is 1.14 bits per heavy atom. The van der Waals surface area contributed by atoms with E-state index < -0.39 is 0 Å². The Kier molecular flexibility index (Phi) is 6.09. The second-order valence-corrected chi connectivity index (χ2v) is 5.53. The molecule has 0 aliphatic carbocycles.